The molecular formula is C10H11N3O3. The van der Waals surface area contributed by atoms with Gasteiger partial charge in [-0.25, -0.2) is 9.78 Å². The second-order valence-corrected chi connectivity index (χ2v) is 3.31. The molecule has 84 valence electrons. The first kappa shape index (κ1) is 10.4. The van der Waals surface area contributed by atoms with Gasteiger partial charge in [-0.05, 0) is 12.1 Å². The average molecular weight is 221 g/mol. The van der Waals surface area contributed by atoms with Gasteiger partial charge in [-0.15, -0.1) is 0 Å². The van der Waals surface area contributed by atoms with Crippen LogP contribution in [-0.4, -0.2) is 47.1 Å². The monoisotopic (exact) mass is 221 g/mol. The Bertz CT molecular complexity index is 441. The molecule has 1 aliphatic heterocycles. The molecule has 0 spiro atoms. The normalized spacial score (nSPS) is 14.8. The van der Waals surface area contributed by atoms with Gasteiger partial charge in [0.05, 0.1) is 7.11 Å². The van der Waals surface area contributed by atoms with Crippen molar-refractivity contribution in [3.8, 4) is 0 Å². The Labute approximate surface area is 92.1 Å². The molecule has 0 bridgehead atoms. The summed E-state index contributed by atoms with van der Waals surface area (Å²) in [5.74, 6) is -0.129. The lowest BCUT2D eigenvalue weighted by atomic mass is 10.3. The molecule has 0 atom stereocenters. The number of amidine groups is 1. The number of carbonyl (C=O) groups is 1. The molecule has 2 heterocycles. The number of aromatic nitrogens is 1. The zero-order valence-electron chi connectivity index (χ0n) is 8.75. The number of esters is 1. The van der Waals surface area contributed by atoms with E-state index in [1.54, 1.807) is 18.2 Å². The van der Waals surface area contributed by atoms with Crippen LogP contribution in [0.4, 0.5) is 0 Å². The fourth-order valence-electron chi connectivity index (χ4n) is 1.32. The Balaban J connectivity index is 2.31. The lowest BCUT2D eigenvalue weighted by molar-refractivity contribution is 0.0594. The number of pyridine rings is 1. The van der Waals surface area contributed by atoms with E-state index in [-0.39, 0.29) is 5.69 Å². The van der Waals surface area contributed by atoms with Crippen LogP contribution in [0.2, 0.25) is 0 Å². The molecule has 1 aliphatic rings. The predicted molar refractivity (Wildman–Crippen MR) is 55.5 cm³/mol. The third-order valence-electron chi connectivity index (χ3n) is 2.21. The van der Waals surface area contributed by atoms with Crippen LogP contribution in [0.1, 0.15) is 16.2 Å². The molecule has 0 radical (unpaired) electrons. The zero-order chi connectivity index (χ0) is 11.5. The van der Waals surface area contributed by atoms with Crippen LogP contribution < -0.4 is 0 Å². The highest BCUT2D eigenvalue weighted by Gasteiger charge is 2.25. The Kier molecular flexibility index (Phi) is 2.72. The summed E-state index contributed by atoms with van der Waals surface area (Å²) in [5, 5.41) is 12.0. The van der Waals surface area contributed by atoms with Crippen molar-refractivity contribution >= 4 is 11.8 Å². The van der Waals surface area contributed by atoms with Gasteiger partial charge in [-0.2, -0.15) is 0 Å². The van der Waals surface area contributed by atoms with E-state index in [0.29, 0.717) is 11.5 Å². The van der Waals surface area contributed by atoms with Crippen molar-refractivity contribution in [1.29, 1.82) is 0 Å². The van der Waals surface area contributed by atoms with Gasteiger partial charge in [0.2, 0.25) is 0 Å². The molecule has 1 N–H and O–H groups in total. The Morgan fingerprint density at radius 3 is 2.75 bits per heavy atom. The minimum atomic E-state index is -0.509. The largest absolute Gasteiger partial charge is 0.464 e. The van der Waals surface area contributed by atoms with Crippen molar-refractivity contribution in [3.63, 3.8) is 0 Å². The molecule has 6 nitrogen and oxygen atoms in total. The number of rotatable bonds is 2. The van der Waals surface area contributed by atoms with Gasteiger partial charge < -0.3 is 14.8 Å². The molecule has 1 saturated heterocycles. The summed E-state index contributed by atoms with van der Waals surface area (Å²) in [6, 6.07) is 4.90. The highest BCUT2D eigenvalue weighted by atomic mass is 16.5. The van der Waals surface area contributed by atoms with E-state index in [0.717, 1.165) is 13.1 Å². The van der Waals surface area contributed by atoms with Crippen LogP contribution in [0.5, 0.6) is 0 Å². The number of ether oxygens (including phenoxy) is 1. The molecule has 0 amide bonds. The van der Waals surface area contributed by atoms with Crippen molar-refractivity contribution in [3.05, 3.63) is 29.6 Å². The molecule has 0 aliphatic carbocycles. The minimum Gasteiger partial charge on any atom is -0.464 e. The molecule has 1 fully saturated rings. The van der Waals surface area contributed by atoms with Crippen LogP contribution in [0.15, 0.2) is 23.4 Å². The first-order chi connectivity index (χ1) is 7.76. The quantitative estimate of drug-likeness (QED) is 0.194. The number of methoxy groups -OCH3 is 1. The summed E-state index contributed by atoms with van der Waals surface area (Å²) in [6.45, 7) is 1.67. The zero-order valence-corrected chi connectivity index (χ0v) is 8.75. The summed E-state index contributed by atoms with van der Waals surface area (Å²) in [7, 11) is 1.29. The summed E-state index contributed by atoms with van der Waals surface area (Å²) in [5.41, 5.74) is 0.658. The maximum atomic E-state index is 11.3. The van der Waals surface area contributed by atoms with Crippen molar-refractivity contribution in [2.45, 2.75) is 0 Å². The molecule has 0 aromatic carbocycles. The molecule has 6 heteroatoms. The number of hydrogen-bond acceptors (Lipinski definition) is 5. The maximum Gasteiger partial charge on any atom is 0.356 e. The van der Waals surface area contributed by atoms with Crippen molar-refractivity contribution in [2.24, 2.45) is 5.16 Å². The van der Waals surface area contributed by atoms with Gasteiger partial charge in [0.1, 0.15) is 11.4 Å². The second kappa shape index (κ2) is 4.18. The second-order valence-electron chi connectivity index (χ2n) is 3.31. The molecule has 1 aromatic rings. The van der Waals surface area contributed by atoms with E-state index in [9.17, 15) is 4.79 Å². The van der Waals surface area contributed by atoms with Crippen LogP contribution >= 0.6 is 0 Å². The van der Waals surface area contributed by atoms with Crippen molar-refractivity contribution < 1.29 is 14.7 Å². The molecular weight excluding hydrogens is 210 g/mol. The highest BCUT2D eigenvalue weighted by molar-refractivity contribution is 5.99. The van der Waals surface area contributed by atoms with Crippen molar-refractivity contribution in [1.82, 2.24) is 9.88 Å². The number of nitrogens with zero attached hydrogens (tertiary/aromatic N) is 3. The molecule has 16 heavy (non-hydrogen) atoms. The first-order valence-corrected chi connectivity index (χ1v) is 4.79. The van der Waals surface area contributed by atoms with Gasteiger partial charge >= 0.3 is 5.97 Å². The molecule has 2 rings (SSSR count). The van der Waals surface area contributed by atoms with Crippen LogP contribution in [0.3, 0.4) is 0 Å². The maximum absolute atomic E-state index is 11.3. The molecule has 0 saturated carbocycles. The lowest BCUT2D eigenvalue weighted by Crippen LogP contribution is -2.16. The summed E-state index contributed by atoms with van der Waals surface area (Å²) < 4.78 is 4.56. The van der Waals surface area contributed by atoms with E-state index in [1.807, 2.05) is 4.90 Å². The van der Waals surface area contributed by atoms with Crippen LogP contribution in [0, 0.1) is 0 Å². The highest BCUT2D eigenvalue weighted by Crippen LogP contribution is 2.12. The predicted octanol–water partition coefficient (Wildman–Crippen LogP) is 0.320. The lowest BCUT2D eigenvalue weighted by Gasteiger charge is -2.05. The van der Waals surface area contributed by atoms with E-state index in [4.69, 9.17) is 5.21 Å². The Morgan fingerprint density at radius 2 is 2.19 bits per heavy atom. The SMILES string of the molecule is COC(=O)c1cccc(/C(=N\O)N2CC2)n1. The number of carbonyl (C=O) groups excluding carboxylic acids is 1. The van der Waals surface area contributed by atoms with Gasteiger partial charge in [0, 0.05) is 13.1 Å². The fourth-order valence-corrected chi connectivity index (χ4v) is 1.32. The first-order valence-electron chi connectivity index (χ1n) is 4.79. The summed E-state index contributed by atoms with van der Waals surface area (Å²) >= 11 is 0. The average Bonchev–Trinajstić information content (AvgIpc) is 3.14. The van der Waals surface area contributed by atoms with E-state index >= 15 is 0 Å². The number of oxime groups is 1. The smallest absolute Gasteiger partial charge is 0.356 e. The summed E-state index contributed by atoms with van der Waals surface area (Å²) in [4.78, 5) is 17.2. The van der Waals surface area contributed by atoms with E-state index < -0.39 is 5.97 Å². The summed E-state index contributed by atoms with van der Waals surface area (Å²) in [6.07, 6.45) is 0. The third-order valence-corrected chi connectivity index (χ3v) is 2.21. The Hall–Kier alpha value is -2.11. The van der Waals surface area contributed by atoms with E-state index in [1.165, 1.54) is 7.11 Å². The van der Waals surface area contributed by atoms with Crippen molar-refractivity contribution in [2.75, 3.05) is 20.2 Å². The van der Waals surface area contributed by atoms with Gasteiger partial charge in [0.25, 0.3) is 0 Å². The third kappa shape index (κ3) is 1.95. The van der Waals surface area contributed by atoms with Gasteiger partial charge in [-0.3, -0.25) is 0 Å². The topological polar surface area (TPSA) is 74.8 Å². The van der Waals surface area contributed by atoms with Crippen LogP contribution in [0.25, 0.3) is 0 Å². The van der Waals surface area contributed by atoms with Gasteiger partial charge in [0.15, 0.2) is 5.84 Å². The van der Waals surface area contributed by atoms with E-state index in [2.05, 4.69) is 14.9 Å². The Morgan fingerprint density at radius 1 is 1.50 bits per heavy atom. The molecule has 1 aromatic heterocycles. The fraction of sp³-hybridized carbons (Fsp3) is 0.300. The standard InChI is InChI=1S/C10H11N3O3/c1-16-10(14)8-4-2-3-7(11-8)9(12-15)13-5-6-13/h2-4,15H,5-6H2,1H3/b12-9+. The van der Waals surface area contributed by atoms with Gasteiger partial charge in [-0.1, -0.05) is 11.2 Å². The van der Waals surface area contributed by atoms with Crippen LogP contribution in [-0.2, 0) is 4.74 Å². The minimum absolute atomic E-state index is 0.197. The molecule has 0 unspecified atom stereocenters. The number of hydrogen-bond donors (Lipinski definition) is 1.